The number of morpholine rings is 1. The topological polar surface area (TPSA) is 66.8 Å². The number of nitrogens with zero attached hydrogens (tertiary/aromatic N) is 1. The van der Waals surface area contributed by atoms with E-state index in [1.165, 1.54) is 0 Å². The van der Waals surface area contributed by atoms with Crippen LogP contribution in [-0.2, 0) is 16.0 Å². The Morgan fingerprint density at radius 2 is 1.78 bits per heavy atom. The molecule has 5 nitrogen and oxygen atoms in total. The molecular weight excluding hydrogens is 342 g/mol. The molecule has 1 fully saturated rings. The van der Waals surface area contributed by atoms with E-state index in [9.17, 15) is 14.7 Å². The summed E-state index contributed by atoms with van der Waals surface area (Å²) in [7, 11) is 0. The standard InChI is InChI=1S/C22H25NO4/c1-22(2)15-27-19(17-9-4-3-5-10-17)14-23(22)20(24)13-12-16-8-6-7-11-18(16)21(25)26/h3-11,19H,12-15H2,1-2H3,(H,25,26). The first-order chi connectivity index (χ1) is 12.9. The van der Waals surface area contributed by atoms with Gasteiger partial charge in [-0.05, 0) is 37.5 Å². The molecule has 1 amide bonds. The number of carboxylic acids is 1. The number of aromatic carboxylic acids is 1. The molecule has 1 atom stereocenters. The van der Waals surface area contributed by atoms with Crippen molar-refractivity contribution >= 4 is 11.9 Å². The van der Waals surface area contributed by atoms with Gasteiger partial charge >= 0.3 is 5.97 Å². The van der Waals surface area contributed by atoms with Crippen molar-refractivity contribution in [3.8, 4) is 0 Å². The van der Waals surface area contributed by atoms with Gasteiger partial charge in [-0.15, -0.1) is 0 Å². The fourth-order valence-corrected chi connectivity index (χ4v) is 3.48. The molecule has 2 aromatic carbocycles. The molecule has 0 bridgehead atoms. The van der Waals surface area contributed by atoms with E-state index in [0.29, 0.717) is 25.1 Å². The molecule has 0 radical (unpaired) electrons. The van der Waals surface area contributed by atoms with Crippen LogP contribution < -0.4 is 0 Å². The molecule has 142 valence electrons. The van der Waals surface area contributed by atoms with Gasteiger partial charge in [0.2, 0.25) is 5.91 Å². The van der Waals surface area contributed by atoms with Gasteiger partial charge in [0, 0.05) is 6.42 Å². The normalized spacial score (nSPS) is 18.9. The molecule has 0 saturated carbocycles. The van der Waals surface area contributed by atoms with Crippen molar-refractivity contribution in [3.05, 3.63) is 71.3 Å². The van der Waals surface area contributed by atoms with Crippen molar-refractivity contribution in [1.82, 2.24) is 4.90 Å². The third kappa shape index (κ3) is 4.37. The SMILES string of the molecule is CC1(C)COC(c2ccccc2)CN1C(=O)CCc1ccccc1C(=O)O. The van der Waals surface area contributed by atoms with Crippen LogP contribution in [0.1, 0.15) is 47.9 Å². The third-order valence-corrected chi connectivity index (χ3v) is 5.05. The lowest BCUT2D eigenvalue weighted by atomic mass is 9.96. The molecule has 1 aliphatic heterocycles. The van der Waals surface area contributed by atoms with Crippen LogP contribution >= 0.6 is 0 Å². The van der Waals surface area contributed by atoms with Gasteiger partial charge in [0.1, 0.15) is 6.10 Å². The number of ether oxygens (including phenoxy) is 1. The van der Waals surface area contributed by atoms with Crippen LogP contribution in [0.5, 0.6) is 0 Å². The maximum Gasteiger partial charge on any atom is 0.335 e. The Hall–Kier alpha value is -2.66. The molecule has 0 aromatic heterocycles. The van der Waals surface area contributed by atoms with E-state index in [1.807, 2.05) is 49.1 Å². The van der Waals surface area contributed by atoms with Crippen molar-refractivity contribution < 1.29 is 19.4 Å². The predicted octanol–water partition coefficient (Wildman–Crippen LogP) is 3.70. The van der Waals surface area contributed by atoms with Gasteiger partial charge in [-0.3, -0.25) is 4.79 Å². The van der Waals surface area contributed by atoms with Crippen molar-refractivity contribution in [3.63, 3.8) is 0 Å². The molecule has 3 rings (SSSR count). The number of hydrogen-bond donors (Lipinski definition) is 1. The Balaban J connectivity index is 1.71. The van der Waals surface area contributed by atoms with E-state index < -0.39 is 11.5 Å². The van der Waals surface area contributed by atoms with Crippen LogP contribution in [0.25, 0.3) is 0 Å². The van der Waals surface area contributed by atoms with Gasteiger partial charge in [0.25, 0.3) is 0 Å². The summed E-state index contributed by atoms with van der Waals surface area (Å²) in [5.74, 6) is -0.946. The fourth-order valence-electron chi connectivity index (χ4n) is 3.48. The molecule has 2 aromatic rings. The summed E-state index contributed by atoms with van der Waals surface area (Å²) in [6.45, 7) is 4.95. The number of rotatable bonds is 5. The van der Waals surface area contributed by atoms with Gasteiger partial charge in [0.15, 0.2) is 0 Å². The van der Waals surface area contributed by atoms with E-state index >= 15 is 0 Å². The Morgan fingerprint density at radius 1 is 1.11 bits per heavy atom. The first kappa shape index (κ1) is 19.1. The number of carbonyl (C=O) groups is 2. The highest BCUT2D eigenvalue weighted by Gasteiger charge is 2.38. The van der Waals surface area contributed by atoms with E-state index in [4.69, 9.17) is 4.74 Å². The Bertz CT molecular complexity index is 816. The number of benzene rings is 2. The van der Waals surface area contributed by atoms with Crippen molar-refractivity contribution in [1.29, 1.82) is 0 Å². The lowest BCUT2D eigenvalue weighted by Gasteiger charge is -2.45. The quantitative estimate of drug-likeness (QED) is 0.875. The van der Waals surface area contributed by atoms with E-state index in [-0.39, 0.29) is 24.0 Å². The highest BCUT2D eigenvalue weighted by molar-refractivity contribution is 5.89. The number of carbonyl (C=O) groups excluding carboxylic acids is 1. The summed E-state index contributed by atoms with van der Waals surface area (Å²) in [4.78, 5) is 26.2. The zero-order valence-electron chi connectivity index (χ0n) is 15.7. The lowest BCUT2D eigenvalue weighted by Crippen LogP contribution is -2.56. The smallest absolute Gasteiger partial charge is 0.335 e. The van der Waals surface area contributed by atoms with Gasteiger partial charge in [-0.2, -0.15) is 0 Å². The molecule has 1 N–H and O–H groups in total. The Labute approximate surface area is 159 Å². The average Bonchev–Trinajstić information content (AvgIpc) is 2.66. The predicted molar refractivity (Wildman–Crippen MR) is 103 cm³/mol. The minimum Gasteiger partial charge on any atom is -0.478 e. The first-order valence-electron chi connectivity index (χ1n) is 9.17. The highest BCUT2D eigenvalue weighted by Crippen LogP contribution is 2.31. The number of hydrogen-bond acceptors (Lipinski definition) is 3. The molecule has 5 heteroatoms. The maximum atomic E-state index is 13.0. The van der Waals surface area contributed by atoms with Crippen LogP contribution in [-0.4, -0.2) is 40.6 Å². The van der Waals surface area contributed by atoms with E-state index in [0.717, 1.165) is 5.56 Å². The first-order valence-corrected chi connectivity index (χ1v) is 9.17. The molecule has 1 saturated heterocycles. The summed E-state index contributed by atoms with van der Waals surface area (Å²) in [5, 5.41) is 9.31. The number of aryl methyl sites for hydroxylation is 1. The lowest BCUT2D eigenvalue weighted by molar-refractivity contribution is -0.154. The minimum atomic E-state index is -0.964. The zero-order chi connectivity index (χ0) is 19.4. The third-order valence-electron chi connectivity index (χ3n) is 5.05. The fraction of sp³-hybridized carbons (Fsp3) is 0.364. The zero-order valence-corrected chi connectivity index (χ0v) is 15.7. The summed E-state index contributed by atoms with van der Waals surface area (Å²) in [6.07, 6.45) is 0.537. The Morgan fingerprint density at radius 3 is 2.48 bits per heavy atom. The summed E-state index contributed by atoms with van der Waals surface area (Å²) in [6, 6.07) is 16.8. The highest BCUT2D eigenvalue weighted by atomic mass is 16.5. The number of amides is 1. The van der Waals surface area contributed by atoms with Crippen molar-refractivity contribution in [2.45, 2.75) is 38.3 Å². The van der Waals surface area contributed by atoms with E-state index in [2.05, 4.69) is 0 Å². The second-order valence-electron chi connectivity index (χ2n) is 7.49. The summed E-state index contributed by atoms with van der Waals surface area (Å²) < 4.78 is 6.00. The van der Waals surface area contributed by atoms with Gasteiger partial charge in [-0.25, -0.2) is 4.79 Å². The van der Waals surface area contributed by atoms with Crippen LogP contribution in [0.2, 0.25) is 0 Å². The van der Waals surface area contributed by atoms with Crippen molar-refractivity contribution in [2.24, 2.45) is 0 Å². The van der Waals surface area contributed by atoms with Gasteiger partial charge in [0.05, 0.1) is 24.3 Å². The molecular formula is C22H25NO4. The molecule has 1 heterocycles. The van der Waals surface area contributed by atoms with Crippen LogP contribution in [0.4, 0.5) is 0 Å². The second-order valence-corrected chi connectivity index (χ2v) is 7.49. The second kappa shape index (κ2) is 7.92. The van der Waals surface area contributed by atoms with Crippen LogP contribution in [0, 0.1) is 0 Å². The Kier molecular flexibility index (Phi) is 5.61. The minimum absolute atomic E-state index is 0.0180. The largest absolute Gasteiger partial charge is 0.478 e. The maximum absolute atomic E-state index is 13.0. The molecule has 27 heavy (non-hydrogen) atoms. The number of carboxylic acid groups (broad SMARTS) is 1. The molecule has 1 unspecified atom stereocenters. The molecule has 0 spiro atoms. The van der Waals surface area contributed by atoms with Crippen LogP contribution in [0.3, 0.4) is 0 Å². The van der Waals surface area contributed by atoms with Gasteiger partial charge in [-0.1, -0.05) is 48.5 Å². The monoisotopic (exact) mass is 367 g/mol. The van der Waals surface area contributed by atoms with Crippen molar-refractivity contribution in [2.75, 3.05) is 13.2 Å². The average molecular weight is 367 g/mol. The molecule has 0 aliphatic carbocycles. The summed E-state index contributed by atoms with van der Waals surface area (Å²) >= 11 is 0. The molecule has 1 aliphatic rings. The van der Waals surface area contributed by atoms with Crippen LogP contribution in [0.15, 0.2) is 54.6 Å². The summed E-state index contributed by atoms with van der Waals surface area (Å²) in [5.41, 5.74) is 1.61. The van der Waals surface area contributed by atoms with E-state index in [1.54, 1.807) is 24.3 Å². The van der Waals surface area contributed by atoms with Gasteiger partial charge < -0.3 is 14.7 Å².